The first-order valence-corrected chi connectivity index (χ1v) is 20.4. The van der Waals surface area contributed by atoms with Gasteiger partial charge in [-0.25, -0.2) is 4.98 Å². The standard InChI is InChI=1S/C54H50N3O.Pt/c1-52(2,3)40-30-38(29-39(31-40)46-32-37(25-28-55-46)35-17-10-8-11-18-35)42-22-16-24-48-50(42)56-51(57(48)47-23-15-14-21-41(47)36-19-12-9-13-20-36)43-33-44-45(34-49(43)58)54(6,7)27-26-53(44,4)5;/h8-25,28,30-34,58H,26-27H2,1-7H3;/q-1;. The number of phenolic OH excluding ortho intramolecular Hbond substituents is 1. The number of aromatic nitrogens is 3. The van der Waals surface area contributed by atoms with Crippen LogP contribution in [-0.4, -0.2) is 19.6 Å². The van der Waals surface area contributed by atoms with Crippen LogP contribution in [0.15, 0.2) is 146 Å². The molecule has 5 heteroatoms. The molecule has 2 aromatic heterocycles. The smallest absolute Gasteiger partial charge is 0.148 e. The number of hydrogen-bond donors (Lipinski definition) is 1. The van der Waals surface area contributed by atoms with E-state index in [0.29, 0.717) is 5.82 Å². The summed E-state index contributed by atoms with van der Waals surface area (Å²) in [7, 11) is 0. The van der Waals surface area contributed by atoms with Crippen LogP contribution in [0.2, 0.25) is 0 Å². The number of nitrogens with zero attached hydrogens (tertiary/aromatic N) is 3. The molecule has 1 aliphatic carbocycles. The van der Waals surface area contributed by atoms with Crippen molar-refractivity contribution in [2.75, 3.05) is 0 Å². The number of fused-ring (bicyclic) bond motifs is 2. The Labute approximate surface area is 363 Å². The molecule has 0 spiro atoms. The molecule has 9 rings (SSSR count). The van der Waals surface area contributed by atoms with Gasteiger partial charge in [0.05, 0.1) is 22.3 Å². The van der Waals surface area contributed by atoms with Gasteiger partial charge < -0.3 is 5.11 Å². The quantitative estimate of drug-likeness (QED) is 0.169. The first-order chi connectivity index (χ1) is 27.8. The predicted molar refractivity (Wildman–Crippen MR) is 241 cm³/mol. The minimum Gasteiger partial charge on any atom is -0.507 e. The summed E-state index contributed by atoms with van der Waals surface area (Å²) in [5.74, 6) is 0.947. The summed E-state index contributed by atoms with van der Waals surface area (Å²) in [5.41, 5.74) is 15.1. The molecule has 0 aliphatic heterocycles. The summed E-state index contributed by atoms with van der Waals surface area (Å²) in [6.07, 6.45) is 4.03. The first-order valence-electron chi connectivity index (χ1n) is 20.4. The Bertz CT molecular complexity index is 2830. The van der Waals surface area contributed by atoms with Crippen molar-refractivity contribution < 1.29 is 26.2 Å². The Morgan fingerprint density at radius 1 is 0.610 bits per heavy atom. The van der Waals surface area contributed by atoms with Crippen molar-refractivity contribution in [3.63, 3.8) is 0 Å². The molecule has 0 fully saturated rings. The molecule has 0 unspecified atom stereocenters. The van der Waals surface area contributed by atoms with Crippen LogP contribution < -0.4 is 0 Å². The van der Waals surface area contributed by atoms with E-state index in [1.165, 1.54) is 16.7 Å². The summed E-state index contributed by atoms with van der Waals surface area (Å²) in [5, 5.41) is 12.1. The molecule has 1 aliphatic rings. The van der Waals surface area contributed by atoms with E-state index >= 15 is 0 Å². The molecule has 6 aromatic carbocycles. The average Bonchev–Trinajstić information content (AvgIpc) is 3.62. The van der Waals surface area contributed by atoms with Crippen molar-refractivity contribution in [1.29, 1.82) is 0 Å². The zero-order valence-corrected chi connectivity index (χ0v) is 37.1. The van der Waals surface area contributed by atoms with Gasteiger partial charge in [0, 0.05) is 38.5 Å². The maximum absolute atomic E-state index is 12.1. The largest absolute Gasteiger partial charge is 0.507 e. The van der Waals surface area contributed by atoms with Crippen LogP contribution in [0.4, 0.5) is 0 Å². The number of rotatable bonds is 6. The molecular weight excluding hydrogens is 902 g/mol. The summed E-state index contributed by atoms with van der Waals surface area (Å²) in [6.45, 7) is 16.0. The average molecular weight is 952 g/mol. The molecule has 298 valence electrons. The number of para-hydroxylation sites is 2. The third-order valence-corrected chi connectivity index (χ3v) is 12.3. The van der Waals surface area contributed by atoms with Crippen molar-refractivity contribution >= 4 is 11.0 Å². The fourth-order valence-corrected chi connectivity index (χ4v) is 8.73. The van der Waals surface area contributed by atoms with Gasteiger partial charge in [-0.1, -0.05) is 157 Å². The van der Waals surface area contributed by atoms with Crippen LogP contribution in [-0.2, 0) is 37.3 Å². The third kappa shape index (κ3) is 7.38. The summed E-state index contributed by atoms with van der Waals surface area (Å²) < 4.78 is 2.25. The monoisotopic (exact) mass is 951 g/mol. The topological polar surface area (TPSA) is 50.9 Å². The van der Waals surface area contributed by atoms with E-state index in [0.717, 1.165) is 79.8 Å². The molecule has 0 saturated carbocycles. The van der Waals surface area contributed by atoms with Crippen LogP contribution >= 0.6 is 0 Å². The molecule has 0 bridgehead atoms. The summed E-state index contributed by atoms with van der Waals surface area (Å²) >= 11 is 0. The molecule has 0 saturated heterocycles. The van der Waals surface area contributed by atoms with Gasteiger partial charge in [-0.3, -0.25) is 9.55 Å². The zero-order valence-electron chi connectivity index (χ0n) is 34.9. The minimum absolute atomic E-state index is 0. The number of benzene rings is 6. The van der Waals surface area contributed by atoms with Gasteiger partial charge in [0.2, 0.25) is 0 Å². The number of phenols is 1. The van der Waals surface area contributed by atoms with Crippen molar-refractivity contribution in [3.05, 3.63) is 168 Å². The molecule has 1 N–H and O–H groups in total. The van der Waals surface area contributed by atoms with E-state index < -0.39 is 0 Å². The second-order valence-corrected chi connectivity index (χ2v) is 18.3. The summed E-state index contributed by atoms with van der Waals surface area (Å²) in [4.78, 5) is 10.5. The maximum atomic E-state index is 12.1. The molecule has 8 aromatic rings. The van der Waals surface area contributed by atoms with Crippen LogP contribution in [0.3, 0.4) is 0 Å². The van der Waals surface area contributed by atoms with Crippen molar-refractivity contribution in [2.45, 2.75) is 77.6 Å². The van der Waals surface area contributed by atoms with E-state index in [2.05, 4.69) is 186 Å². The third-order valence-electron chi connectivity index (χ3n) is 12.3. The summed E-state index contributed by atoms with van der Waals surface area (Å²) in [6, 6.07) is 52.7. The van der Waals surface area contributed by atoms with Gasteiger partial charge in [0.25, 0.3) is 0 Å². The van der Waals surface area contributed by atoms with Gasteiger partial charge >= 0.3 is 0 Å². The molecule has 0 atom stereocenters. The Morgan fingerprint density at radius 2 is 1.22 bits per heavy atom. The second-order valence-electron chi connectivity index (χ2n) is 18.3. The Kier molecular flexibility index (Phi) is 10.4. The van der Waals surface area contributed by atoms with Gasteiger partial charge in [0.15, 0.2) is 0 Å². The number of hydrogen-bond acceptors (Lipinski definition) is 3. The SMILES string of the molecule is CC(C)(C)c1cc(-c2cc(-c3ccccc3)ccn2)[c-]c(-c2cccc3c2nc(-c2cc4c(cc2O)C(C)(C)CCC4(C)C)n3-c2ccccc2-c2ccccc2)c1.[Pt]. The van der Waals surface area contributed by atoms with Gasteiger partial charge in [-0.2, -0.15) is 0 Å². The minimum atomic E-state index is -0.141. The van der Waals surface area contributed by atoms with Crippen molar-refractivity contribution in [3.8, 4) is 67.5 Å². The number of imidazole rings is 1. The van der Waals surface area contributed by atoms with Gasteiger partial charge in [-0.05, 0) is 87.2 Å². The van der Waals surface area contributed by atoms with E-state index in [4.69, 9.17) is 9.97 Å². The Balaban J connectivity index is 0.00000484. The van der Waals surface area contributed by atoms with Crippen molar-refractivity contribution in [2.24, 2.45) is 0 Å². The number of pyridine rings is 1. The van der Waals surface area contributed by atoms with Crippen LogP contribution in [0, 0.1) is 6.07 Å². The van der Waals surface area contributed by atoms with Crippen LogP contribution in [0.1, 0.15) is 78.0 Å². The molecule has 4 nitrogen and oxygen atoms in total. The fourth-order valence-electron chi connectivity index (χ4n) is 8.73. The van der Waals surface area contributed by atoms with E-state index in [9.17, 15) is 5.11 Å². The van der Waals surface area contributed by atoms with E-state index in [1.54, 1.807) is 0 Å². The fraction of sp³-hybridized carbons (Fsp3) is 0.222. The van der Waals surface area contributed by atoms with Crippen molar-refractivity contribution in [1.82, 2.24) is 14.5 Å². The van der Waals surface area contributed by atoms with Crippen LogP contribution in [0.5, 0.6) is 5.75 Å². The molecular formula is C54H50N3OPt-. The Hall–Kier alpha value is -5.57. The Morgan fingerprint density at radius 3 is 1.92 bits per heavy atom. The molecule has 0 amide bonds. The number of aromatic hydroxyl groups is 1. The predicted octanol–water partition coefficient (Wildman–Crippen LogP) is 13.9. The van der Waals surface area contributed by atoms with Gasteiger partial charge in [0.1, 0.15) is 11.6 Å². The first kappa shape index (κ1) is 40.2. The van der Waals surface area contributed by atoms with E-state index in [-0.39, 0.29) is 43.1 Å². The molecule has 59 heavy (non-hydrogen) atoms. The normalized spacial score (nSPS) is 14.4. The zero-order chi connectivity index (χ0) is 40.4. The van der Waals surface area contributed by atoms with Gasteiger partial charge in [-0.15, -0.1) is 29.3 Å². The maximum Gasteiger partial charge on any atom is 0.148 e. The van der Waals surface area contributed by atoms with Crippen LogP contribution in [0.25, 0.3) is 72.7 Å². The second kappa shape index (κ2) is 15.2. The van der Waals surface area contributed by atoms with E-state index in [1.807, 2.05) is 18.3 Å². The molecule has 2 heterocycles. The molecule has 0 radical (unpaired) electrons.